The Morgan fingerprint density at radius 1 is 1.17 bits per heavy atom. The van der Waals surface area contributed by atoms with Gasteiger partial charge in [-0.2, -0.15) is 0 Å². The first-order valence-electron chi connectivity index (χ1n) is 9.03. The standard InChI is InChI=1S/C20H20F4N2O4/c1-12(2)19(28)26-18-10-13(7-8-25-18)16(27)4-3-9-29-14-5-6-17(15(21)11-14)30-20(22,23)24/h5-8,10-12H,3-4,9H2,1-2H3,(H,25,26,28). The molecule has 0 saturated heterocycles. The van der Waals surface area contributed by atoms with E-state index in [4.69, 9.17) is 4.74 Å². The normalized spacial score (nSPS) is 11.3. The molecule has 0 unspecified atom stereocenters. The Hall–Kier alpha value is -3.17. The van der Waals surface area contributed by atoms with E-state index in [2.05, 4.69) is 15.0 Å². The predicted molar refractivity (Wildman–Crippen MR) is 99.8 cm³/mol. The maximum Gasteiger partial charge on any atom is 0.573 e. The SMILES string of the molecule is CC(C)C(=O)Nc1cc(C(=O)CCCOc2ccc(OC(F)(F)F)c(F)c2)ccn1. The number of alkyl halides is 3. The minimum Gasteiger partial charge on any atom is -0.493 e. The number of carbonyl (C=O) groups excluding carboxylic acids is 2. The Morgan fingerprint density at radius 2 is 1.90 bits per heavy atom. The van der Waals surface area contributed by atoms with Crippen LogP contribution in [0.2, 0.25) is 0 Å². The molecule has 0 fully saturated rings. The summed E-state index contributed by atoms with van der Waals surface area (Å²) in [6.45, 7) is 3.51. The number of aromatic nitrogens is 1. The molecular formula is C20H20F4N2O4. The van der Waals surface area contributed by atoms with Gasteiger partial charge in [0.15, 0.2) is 17.3 Å². The molecule has 0 radical (unpaired) electrons. The minimum absolute atomic E-state index is 0.0112. The summed E-state index contributed by atoms with van der Waals surface area (Å²) < 4.78 is 58.8. The first kappa shape index (κ1) is 23.1. The van der Waals surface area contributed by atoms with E-state index in [9.17, 15) is 27.2 Å². The van der Waals surface area contributed by atoms with E-state index in [1.807, 2.05) is 0 Å². The van der Waals surface area contributed by atoms with Crippen molar-refractivity contribution in [3.8, 4) is 11.5 Å². The molecule has 162 valence electrons. The zero-order chi connectivity index (χ0) is 22.3. The number of benzene rings is 1. The molecule has 0 bridgehead atoms. The monoisotopic (exact) mass is 428 g/mol. The average molecular weight is 428 g/mol. The van der Waals surface area contributed by atoms with Gasteiger partial charge < -0.3 is 14.8 Å². The Balaban J connectivity index is 1.84. The van der Waals surface area contributed by atoms with Gasteiger partial charge in [-0.1, -0.05) is 13.8 Å². The fourth-order valence-electron chi connectivity index (χ4n) is 2.29. The van der Waals surface area contributed by atoms with Crippen molar-refractivity contribution in [1.82, 2.24) is 4.98 Å². The molecule has 0 aliphatic heterocycles. The summed E-state index contributed by atoms with van der Waals surface area (Å²) in [5.74, 6) is -2.55. The zero-order valence-corrected chi connectivity index (χ0v) is 16.3. The molecule has 30 heavy (non-hydrogen) atoms. The molecule has 0 aliphatic rings. The van der Waals surface area contributed by atoms with Crippen LogP contribution in [0.3, 0.4) is 0 Å². The number of anilines is 1. The molecule has 2 rings (SSSR count). The van der Waals surface area contributed by atoms with Crippen molar-refractivity contribution >= 4 is 17.5 Å². The van der Waals surface area contributed by atoms with Crippen molar-refractivity contribution in [2.75, 3.05) is 11.9 Å². The third-order valence-corrected chi connectivity index (χ3v) is 3.80. The smallest absolute Gasteiger partial charge is 0.493 e. The van der Waals surface area contributed by atoms with E-state index in [0.717, 1.165) is 18.2 Å². The zero-order valence-electron chi connectivity index (χ0n) is 16.3. The maximum absolute atomic E-state index is 13.6. The average Bonchev–Trinajstić information content (AvgIpc) is 2.66. The van der Waals surface area contributed by atoms with Gasteiger partial charge in [0.2, 0.25) is 5.91 Å². The van der Waals surface area contributed by atoms with Gasteiger partial charge in [0.1, 0.15) is 11.6 Å². The number of Topliss-reactive ketones (excluding diaryl/α,β-unsaturated/α-hetero) is 1. The van der Waals surface area contributed by atoms with Crippen LogP contribution >= 0.6 is 0 Å². The Morgan fingerprint density at radius 3 is 2.53 bits per heavy atom. The van der Waals surface area contributed by atoms with Gasteiger partial charge >= 0.3 is 6.36 Å². The molecule has 1 aromatic carbocycles. The number of halogens is 4. The van der Waals surface area contributed by atoms with Crippen LogP contribution in [0, 0.1) is 11.7 Å². The lowest BCUT2D eigenvalue weighted by Gasteiger charge is -2.11. The molecule has 1 amide bonds. The van der Waals surface area contributed by atoms with Crippen molar-refractivity contribution in [3.63, 3.8) is 0 Å². The first-order valence-corrected chi connectivity index (χ1v) is 9.03. The Bertz CT molecular complexity index is 901. The number of nitrogens with one attached hydrogen (secondary N) is 1. The van der Waals surface area contributed by atoms with Gasteiger partial charge in [0.25, 0.3) is 0 Å². The minimum atomic E-state index is -4.99. The van der Waals surface area contributed by atoms with Crippen LogP contribution in [-0.2, 0) is 4.79 Å². The van der Waals surface area contributed by atoms with Crippen molar-refractivity contribution in [2.24, 2.45) is 5.92 Å². The second-order valence-electron chi connectivity index (χ2n) is 6.59. The largest absolute Gasteiger partial charge is 0.573 e. The fourth-order valence-corrected chi connectivity index (χ4v) is 2.29. The van der Waals surface area contributed by atoms with Crippen LogP contribution in [0.4, 0.5) is 23.4 Å². The van der Waals surface area contributed by atoms with E-state index in [0.29, 0.717) is 5.56 Å². The van der Waals surface area contributed by atoms with Crippen molar-refractivity contribution < 1.29 is 36.6 Å². The number of hydrogen-bond acceptors (Lipinski definition) is 5. The van der Waals surface area contributed by atoms with Gasteiger partial charge in [0, 0.05) is 30.2 Å². The number of carbonyl (C=O) groups is 2. The number of nitrogens with zero attached hydrogens (tertiary/aromatic N) is 1. The third-order valence-electron chi connectivity index (χ3n) is 3.80. The second-order valence-corrected chi connectivity index (χ2v) is 6.59. The molecule has 0 saturated carbocycles. The highest BCUT2D eigenvalue weighted by Gasteiger charge is 2.32. The molecule has 10 heteroatoms. The van der Waals surface area contributed by atoms with Crippen LogP contribution in [0.1, 0.15) is 37.0 Å². The van der Waals surface area contributed by atoms with E-state index >= 15 is 0 Å². The van der Waals surface area contributed by atoms with Crippen LogP contribution < -0.4 is 14.8 Å². The summed E-state index contributed by atoms with van der Waals surface area (Å²) in [5, 5.41) is 2.61. The van der Waals surface area contributed by atoms with Gasteiger partial charge in [-0.05, 0) is 30.7 Å². The lowest BCUT2D eigenvalue weighted by Crippen LogP contribution is -2.18. The molecule has 1 heterocycles. The van der Waals surface area contributed by atoms with E-state index in [1.165, 1.54) is 18.3 Å². The molecule has 0 aliphatic carbocycles. The molecule has 6 nitrogen and oxygen atoms in total. The van der Waals surface area contributed by atoms with Crippen LogP contribution in [0.15, 0.2) is 36.5 Å². The molecule has 1 N–H and O–H groups in total. The van der Waals surface area contributed by atoms with E-state index in [-0.39, 0.29) is 48.6 Å². The fraction of sp³-hybridized carbons (Fsp3) is 0.350. The number of pyridine rings is 1. The van der Waals surface area contributed by atoms with Gasteiger partial charge in [-0.25, -0.2) is 9.37 Å². The summed E-state index contributed by atoms with van der Waals surface area (Å²) in [4.78, 5) is 28.0. The van der Waals surface area contributed by atoms with Crippen LogP contribution in [-0.4, -0.2) is 29.6 Å². The Kier molecular flexibility index (Phi) is 7.73. The molecule has 0 atom stereocenters. The quantitative estimate of drug-likeness (QED) is 0.354. The summed E-state index contributed by atoms with van der Waals surface area (Å²) >= 11 is 0. The van der Waals surface area contributed by atoms with Crippen molar-refractivity contribution in [2.45, 2.75) is 33.1 Å². The summed E-state index contributed by atoms with van der Waals surface area (Å²) in [7, 11) is 0. The summed E-state index contributed by atoms with van der Waals surface area (Å²) in [6, 6.07) is 5.71. The van der Waals surface area contributed by atoms with E-state index < -0.39 is 17.9 Å². The number of ketones is 1. The molecular weight excluding hydrogens is 408 g/mol. The highest BCUT2D eigenvalue weighted by Crippen LogP contribution is 2.28. The highest BCUT2D eigenvalue weighted by atomic mass is 19.4. The van der Waals surface area contributed by atoms with Crippen LogP contribution in [0.25, 0.3) is 0 Å². The topological polar surface area (TPSA) is 77.5 Å². The first-order chi connectivity index (χ1) is 14.0. The van der Waals surface area contributed by atoms with Gasteiger partial charge in [0.05, 0.1) is 6.61 Å². The molecule has 1 aromatic heterocycles. The van der Waals surface area contributed by atoms with Crippen molar-refractivity contribution in [3.05, 3.63) is 47.9 Å². The maximum atomic E-state index is 13.6. The second kappa shape index (κ2) is 10.0. The lowest BCUT2D eigenvalue weighted by molar-refractivity contribution is -0.275. The number of ether oxygens (including phenoxy) is 2. The van der Waals surface area contributed by atoms with Gasteiger partial charge in [-0.3, -0.25) is 9.59 Å². The molecule has 0 spiro atoms. The van der Waals surface area contributed by atoms with Crippen molar-refractivity contribution in [1.29, 1.82) is 0 Å². The van der Waals surface area contributed by atoms with Crippen LogP contribution in [0.5, 0.6) is 11.5 Å². The summed E-state index contributed by atoms with van der Waals surface area (Å²) in [6.07, 6.45) is -3.18. The predicted octanol–water partition coefficient (Wildman–Crippen LogP) is 4.76. The van der Waals surface area contributed by atoms with E-state index in [1.54, 1.807) is 13.8 Å². The molecule has 2 aromatic rings. The lowest BCUT2D eigenvalue weighted by atomic mass is 10.1. The van der Waals surface area contributed by atoms with Gasteiger partial charge in [-0.15, -0.1) is 13.2 Å². The highest BCUT2D eigenvalue weighted by molar-refractivity contribution is 5.98. The third kappa shape index (κ3) is 7.34. The number of rotatable bonds is 9. The summed E-state index contributed by atoms with van der Waals surface area (Å²) in [5.41, 5.74) is 0.365. The number of hydrogen-bond donors (Lipinski definition) is 1. The number of amides is 1. The Labute approximate surface area is 170 Å².